The highest BCUT2D eigenvalue weighted by molar-refractivity contribution is 7.11. The average Bonchev–Trinajstić information content (AvgIpc) is 3.50. The van der Waals surface area contributed by atoms with Gasteiger partial charge in [-0.15, -0.1) is 11.3 Å². The van der Waals surface area contributed by atoms with Gasteiger partial charge in [0, 0.05) is 68.5 Å². The van der Waals surface area contributed by atoms with E-state index in [1.807, 2.05) is 69.8 Å². The van der Waals surface area contributed by atoms with Gasteiger partial charge in [-0.3, -0.25) is 14.5 Å². The summed E-state index contributed by atoms with van der Waals surface area (Å²) in [6.07, 6.45) is 2.15. The minimum absolute atomic E-state index is 0.000920. The lowest BCUT2D eigenvalue weighted by atomic mass is 10.2. The van der Waals surface area contributed by atoms with Crippen LogP contribution in [0.3, 0.4) is 0 Å². The number of anilines is 1. The Kier molecular flexibility index (Phi) is 5.87. The summed E-state index contributed by atoms with van der Waals surface area (Å²) in [7, 11) is 0. The van der Waals surface area contributed by atoms with Crippen molar-refractivity contribution in [3.8, 4) is 11.5 Å². The van der Waals surface area contributed by atoms with E-state index in [0.717, 1.165) is 24.5 Å². The molecule has 2 fully saturated rings. The second kappa shape index (κ2) is 9.10. The maximum absolute atomic E-state index is 12.8. The Morgan fingerprint density at radius 3 is 2.53 bits per heavy atom. The molecule has 0 radical (unpaired) electrons. The summed E-state index contributed by atoms with van der Waals surface area (Å²) < 4.78 is 5.93. The number of aromatic nitrogens is 1. The lowest BCUT2D eigenvalue weighted by Gasteiger charge is -2.37. The van der Waals surface area contributed by atoms with Crippen molar-refractivity contribution < 1.29 is 14.3 Å². The SMILES string of the molecule is O=C(c1nccs1)N1CCN(C2CC(=O)N(c3cccc(Oc4ccccc4)c3)C2)CC1. The molecule has 1 aromatic heterocycles. The van der Waals surface area contributed by atoms with Crippen molar-refractivity contribution in [1.82, 2.24) is 14.8 Å². The molecule has 1 unspecified atom stereocenters. The number of piperazine rings is 1. The summed E-state index contributed by atoms with van der Waals surface area (Å²) in [6.45, 7) is 3.49. The number of hydrogen-bond donors (Lipinski definition) is 0. The summed E-state index contributed by atoms with van der Waals surface area (Å²) in [5, 5.41) is 2.36. The van der Waals surface area contributed by atoms with Crippen molar-refractivity contribution in [3.05, 3.63) is 71.2 Å². The van der Waals surface area contributed by atoms with Crippen molar-refractivity contribution in [2.75, 3.05) is 37.6 Å². The lowest BCUT2D eigenvalue weighted by Crippen LogP contribution is -2.52. The molecule has 0 aliphatic carbocycles. The fourth-order valence-corrected chi connectivity index (χ4v) is 4.88. The number of benzene rings is 2. The van der Waals surface area contributed by atoms with Gasteiger partial charge >= 0.3 is 0 Å². The Bertz CT molecular complexity index is 1080. The van der Waals surface area contributed by atoms with Gasteiger partial charge in [-0.2, -0.15) is 0 Å². The Morgan fingerprint density at radius 1 is 1.00 bits per heavy atom. The van der Waals surface area contributed by atoms with Crippen molar-refractivity contribution in [1.29, 1.82) is 0 Å². The van der Waals surface area contributed by atoms with E-state index in [1.54, 1.807) is 6.20 Å². The molecule has 5 rings (SSSR count). The van der Waals surface area contributed by atoms with Crippen molar-refractivity contribution in [3.63, 3.8) is 0 Å². The topological polar surface area (TPSA) is 66.0 Å². The molecular formula is C24H24N4O3S. The van der Waals surface area contributed by atoms with Crippen LogP contribution >= 0.6 is 11.3 Å². The van der Waals surface area contributed by atoms with Crippen LogP contribution in [0.2, 0.25) is 0 Å². The van der Waals surface area contributed by atoms with Gasteiger partial charge in [-0.05, 0) is 24.3 Å². The van der Waals surface area contributed by atoms with Gasteiger partial charge in [0.1, 0.15) is 11.5 Å². The highest BCUT2D eigenvalue weighted by atomic mass is 32.1. The van der Waals surface area contributed by atoms with Crippen LogP contribution in [0.5, 0.6) is 11.5 Å². The zero-order valence-corrected chi connectivity index (χ0v) is 18.4. The normalized spacial score (nSPS) is 19.4. The van der Waals surface area contributed by atoms with Gasteiger partial charge in [0.25, 0.3) is 5.91 Å². The Hall–Kier alpha value is -3.23. The van der Waals surface area contributed by atoms with Crippen LogP contribution in [0, 0.1) is 0 Å². The number of hydrogen-bond acceptors (Lipinski definition) is 6. The fourth-order valence-electron chi connectivity index (χ4n) is 4.28. The summed E-state index contributed by atoms with van der Waals surface area (Å²) in [6, 6.07) is 17.4. The van der Waals surface area contributed by atoms with Gasteiger partial charge in [-0.25, -0.2) is 4.98 Å². The second-order valence-corrected chi connectivity index (χ2v) is 8.83. The predicted molar refractivity (Wildman–Crippen MR) is 123 cm³/mol. The van der Waals surface area contributed by atoms with Crippen LogP contribution in [0.15, 0.2) is 66.2 Å². The number of rotatable bonds is 5. The Morgan fingerprint density at radius 2 is 1.78 bits per heavy atom. The molecule has 32 heavy (non-hydrogen) atoms. The first-order valence-electron chi connectivity index (χ1n) is 10.7. The van der Waals surface area contributed by atoms with Crippen LogP contribution in [0.1, 0.15) is 16.2 Å². The molecule has 0 spiro atoms. The number of thiazole rings is 1. The Balaban J connectivity index is 1.20. The molecule has 2 aromatic carbocycles. The quantitative estimate of drug-likeness (QED) is 0.598. The number of ether oxygens (including phenoxy) is 1. The van der Waals surface area contributed by atoms with Crippen LogP contribution in [-0.2, 0) is 4.79 Å². The lowest BCUT2D eigenvalue weighted by molar-refractivity contribution is -0.117. The molecule has 3 aromatic rings. The van der Waals surface area contributed by atoms with Crippen molar-refractivity contribution in [2.45, 2.75) is 12.5 Å². The van der Waals surface area contributed by atoms with Crippen LogP contribution in [0.4, 0.5) is 5.69 Å². The molecule has 0 saturated carbocycles. The van der Waals surface area contributed by atoms with E-state index in [2.05, 4.69) is 9.88 Å². The maximum atomic E-state index is 12.8. The van der Waals surface area contributed by atoms with Crippen molar-refractivity contribution in [2.24, 2.45) is 0 Å². The van der Waals surface area contributed by atoms with E-state index >= 15 is 0 Å². The molecule has 0 bridgehead atoms. The largest absolute Gasteiger partial charge is 0.457 e. The number of nitrogens with zero attached hydrogens (tertiary/aromatic N) is 4. The number of carbonyl (C=O) groups excluding carboxylic acids is 2. The van der Waals surface area contributed by atoms with Crippen LogP contribution < -0.4 is 9.64 Å². The zero-order chi connectivity index (χ0) is 21.9. The summed E-state index contributed by atoms with van der Waals surface area (Å²) in [4.78, 5) is 35.5. The average molecular weight is 449 g/mol. The molecule has 1 atom stereocenters. The first kappa shape index (κ1) is 20.7. The molecule has 2 aliphatic heterocycles. The van der Waals surface area contributed by atoms with Gasteiger partial charge in [0.2, 0.25) is 5.91 Å². The molecule has 0 N–H and O–H groups in total. The van der Waals surface area contributed by atoms with E-state index < -0.39 is 0 Å². The Labute approximate surface area is 190 Å². The fraction of sp³-hybridized carbons (Fsp3) is 0.292. The van der Waals surface area contributed by atoms with E-state index in [4.69, 9.17) is 4.74 Å². The van der Waals surface area contributed by atoms with E-state index in [9.17, 15) is 9.59 Å². The van der Waals surface area contributed by atoms with Gasteiger partial charge in [-0.1, -0.05) is 24.3 Å². The zero-order valence-electron chi connectivity index (χ0n) is 17.6. The standard InChI is InChI=1S/C24H24N4O3S/c29-22-16-19(26-10-12-27(13-11-26)24(30)23-25-9-14-32-23)17-28(22)18-5-4-8-21(15-18)31-20-6-2-1-3-7-20/h1-9,14-15,19H,10-13,16-17H2. The molecule has 3 heterocycles. The summed E-state index contributed by atoms with van der Waals surface area (Å²) in [5.74, 6) is 1.59. The van der Waals surface area contributed by atoms with Gasteiger partial charge in [0.05, 0.1) is 0 Å². The minimum atomic E-state index is -0.000920. The van der Waals surface area contributed by atoms with E-state index in [-0.39, 0.29) is 17.9 Å². The van der Waals surface area contributed by atoms with Crippen molar-refractivity contribution >= 4 is 28.8 Å². The first-order chi connectivity index (χ1) is 15.7. The number of amides is 2. The number of carbonyl (C=O) groups is 2. The highest BCUT2D eigenvalue weighted by Gasteiger charge is 2.36. The first-order valence-corrected chi connectivity index (χ1v) is 11.6. The van der Waals surface area contributed by atoms with Gasteiger partial charge < -0.3 is 14.5 Å². The highest BCUT2D eigenvalue weighted by Crippen LogP contribution is 2.30. The maximum Gasteiger partial charge on any atom is 0.282 e. The van der Waals surface area contributed by atoms with Crippen LogP contribution in [-0.4, -0.2) is 65.4 Å². The second-order valence-electron chi connectivity index (χ2n) is 7.94. The number of para-hydroxylation sites is 1. The minimum Gasteiger partial charge on any atom is -0.457 e. The monoisotopic (exact) mass is 448 g/mol. The predicted octanol–water partition coefficient (Wildman–Crippen LogP) is 3.50. The third-order valence-corrected chi connectivity index (χ3v) is 6.71. The molecule has 8 heteroatoms. The van der Waals surface area contributed by atoms with E-state index in [0.29, 0.717) is 36.8 Å². The molecule has 2 saturated heterocycles. The third kappa shape index (κ3) is 4.37. The molecule has 164 valence electrons. The van der Waals surface area contributed by atoms with Gasteiger partial charge in [0.15, 0.2) is 5.01 Å². The molecule has 7 nitrogen and oxygen atoms in total. The molecule has 2 aliphatic rings. The molecule has 2 amide bonds. The smallest absolute Gasteiger partial charge is 0.282 e. The van der Waals surface area contributed by atoms with Crippen LogP contribution in [0.25, 0.3) is 0 Å². The summed E-state index contributed by atoms with van der Waals surface area (Å²) >= 11 is 1.37. The summed E-state index contributed by atoms with van der Waals surface area (Å²) in [5.41, 5.74) is 0.850. The molecular weight excluding hydrogens is 424 g/mol. The third-order valence-electron chi connectivity index (χ3n) is 5.95. The van der Waals surface area contributed by atoms with E-state index in [1.165, 1.54) is 11.3 Å².